The minimum Gasteiger partial charge on any atom is -0.484 e. The summed E-state index contributed by atoms with van der Waals surface area (Å²) in [4.78, 5) is 16.1. The highest BCUT2D eigenvalue weighted by atomic mass is 79.9. The topological polar surface area (TPSA) is 51.2 Å². The van der Waals surface area contributed by atoms with Crippen molar-refractivity contribution >= 4 is 27.7 Å². The van der Waals surface area contributed by atoms with Gasteiger partial charge in [-0.3, -0.25) is 4.79 Å². The van der Waals surface area contributed by atoms with Crippen LogP contribution in [-0.2, 0) is 11.2 Å². The van der Waals surface area contributed by atoms with E-state index in [0.29, 0.717) is 11.6 Å². The number of hydrogen-bond acceptors (Lipinski definition) is 3. The Balaban J connectivity index is 1.87. The van der Waals surface area contributed by atoms with Crippen molar-refractivity contribution < 1.29 is 9.53 Å². The molecule has 0 unspecified atom stereocenters. The van der Waals surface area contributed by atoms with Gasteiger partial charge >= 0.3 is 0 Å². The molecule has 0 aliphatic heterocycles. The maximum atomic E-state index is 11.8. The lowest BCUT2D eigenvalue weighted by atomic mass is 10.2. The number of nitrogens with zero attached hydrogens (tertiary/aromatic N) is 1. The fourth-order valence-electron chi connectivity index (χ4n) is 1.76. The number of aryl methyl sites for hydroxylation is 2. The first-order valence-corrected chi connectivity index (χ1v) is 7.52. The summed E-state index contributed by atoms with van der Waals surface area (Å²) in [5.74, 6) is 0.969. The summed E-state index contributed by atoms with van der Waals surface area (Å²) >= 11 is 3.37. The standard InChI is InChI=1S/C16H17BrN2O2/c1-3-12-4-6-13(7-5-12)21-10-16(20)19-15-9-8-14(17)11(2)18-15/h4-9H,3,10H2,1-2H3,(H,18,19,20). The third-order valence-corrected chi connectivity index (χ3v) is 3.83. The van der Waals surface area contributed by atoms with Crippen LogP contribution in [0.3, 0.4) is 0 Å². The third kappa shape index (κ3) is 4.56. The summed E-state index contributed by atoms with van der Waals surface area (Å²) in [6.07, 6.45) is 0.982. The van der Waals surface area contributed by atoms with Crippen LogP contribution < -0.4 is 10.1 Å². The van der Waals surface area contributed by atoms with Gasteiger partial charge in [-0.1, -0.05) is 19.1 Å². The molecular weight excluding hydrogens is 332 g/mol. The average Bonchev–Trinajstić information content (AvgIpc) is 2.49. The highest BCUT2D eigenvalue weighted by Crippen LogP contribution is 2.16. The monoisotopic (exact) mass is 348 g/mol. The lowest BCUT2D eigenvalue weighted by Gasteiger charge is -2.08. The molecular formula is C16H17BrN2O2. The largest absolute Gasteiger partial charge is 0.484 e. The van der Waals surface area contributed by atoms with Crippen LogP contribution in [0.15, 0.2) is 40.9 Å². The Kier molecular flexibility index (Phi) is 5.33. The van der Waals surface area contributed by atoms with Crippen LogP contribution in [0.25, 0.3) is 0 Å². The van der Waals surface area contributed by atoms with Crippen molar-refractivity contribution in [2.24, 2.45) is 0 Å². The Hall–Kier alpha value is -1.88. The molecule has 0 atom stereocenters. The number of pyridine rings is 1. The van der Waals surface area contributed by atoms with E-state index in [1.807, 2.05) is 37.3 Å². The van der Waals surface area contributed by atoms with Crippen LogP contribution in [-0.4, -0.2) is 17.5 Å². The fourth-order valence-corrected chi connectivity index (χ4v) is 1.98. The number of carbonyl (C=O) groups is 1. The van der Waals surface area contributed by atoms with Crippen molar-refractivity contribution in [2.75, 3.05) is 11.9 Å². The molecule has 0 fully saturated rings. The predicted molar refractivity (Wildman–Crippen MR) is 86.6 cm³/mol. The summed E-state index contributed by atoms with van der Waals surface area (Å²) < 4.78 is 6.35. The molecule has 0 aliphatic rings. The Labute approximate surface area is 132 Å². The van der Waals surface area contributed by atoms with E-state index in [-0.39, 0.29) is 12.5 Å². The van der Waals surface area contributed by atoms with Crippen molar-refractivity contribution in [3.05, 3.63) is 52.1 Å². The number of rotatable bonds is 5. The lowest BCUT2D eigenvalue weighted by molar-refractivity contribution is -0.118. The third-order valence-electron chi connectivity index (χ3n) is 2.99. The van der Waals surface area contributed by atoms with Crippen LogP contribution in [0.2, 0.25) is 0 Å². The van der Waals surface area contributed by atoms with E-state index in [4.69, 9.17) is 4.74 Å². The maximum Gasteiger partial charge on any atom is 0.263 e. The highest BCUT2D eigenvalue weighted by Gasteiger charge is 2.06. The first kappa shape index (κ1) is 15.5. The highest BCUT2D eigenvalue weighted by molar-refractivity contribution is 9.10. The number of benzene rings is 1. The summed E-state index contributed by atoms with van der Waals surface area (Å²) in [5.41, 5.74) is 2.06. The Morgan fingerprint density at radius 2 is 1.95 bits per heavy atom. The minimum absolute atomic E-state index is 0.0394. The van der Waals surface area contributed by atoms with Gasteiger partial charge in [0.25, 0.3) is 5.91 Å². The van der Waals surface area contributed by atoms with E-state index >= 15 is 0 Å². The number of ether oxygens (including phenoxy) is 1. The van der Waals surface area contributed by atoms with Crippen LogP contribution in [0.1, 0.15) is 18.2 Å². The molecule has 2 aromatic rings. The normalized spacial score (nSPS) is 10.2. The zero-order valence-corrected chi connectivity index (χ0v) is 13.6. The number of nitrogens with one attached hydrogen (secondary N) is 1. The molecule has 1 aromatic carbocycles. The summed E-state index contributed by atoms with van der Waals surface area (Å²) in [5, 5.41) is 2.71. The van der Waals surface area contributed by atoms with Gasteiger partial charge in [-0.2, -0.15) is 0 Å². The molecule has 21 heavy (non-hydrogen) atoms. The SMILES string of the molecule is CCc1ccc(OCC(=O)Nc2ccc(Br)c(C)n2)cc1. The maximum absolute atomic E-state index is 11.8. The molecule has 0 aliphatic carbocycles. The Bertz CT molecular complexity index is 627. The lowest BCUT2D eigenvalue weighted by Crippen LogP contribution is -2.20. The summed E-state index contributed by atoms with van der Waals surface area (Å²) in [6, 6.07) is 11.3. The Morgan fingerprint density at radius 3 is 2.57 bits per heavy atom. The van der Waals surface area contributed by atoms with Crippen molar-refractivity contribution in [2.45, 2.75) is 20.3 Å². The molecule has 4 nitrogen and oxygen atoms in total. The van der Waals surface area contributed by atoms with E-state index in [9.17, 15) is 4.79 Å². The van der Waals surface area contributed by atoms with Gasteiger partial charge < -0.3 is 10.1 Å². The summed E-state index contributed by atoms with van der Waals surface area (Å²) in [7, 11) is 0. The average molecular weight is 349 g/mol. The van der Waals surface area contributed by atoms with E-state index in [1.165, 1.54) is 5.56 Å². The first-order valence-electron chi connectivity index (χ1n) is 6.73. The molecule has 0 saturated carbocycles. The quantitative estimate of drug-likeness (QED) is 0.895. The van der Waals surface area contributed by atoms with Gasteiger partial charge in [0.1, 0.15) is 11.6 Å². The minimum atomic E-state index is -0.233. The van der Waals surface area contributed by atoms with Crippen molar-refractivity contribution in [1.82, 2.24) is 4.98 Å². The second-order valence-electron chi connectivity index (χ2n) is 4.60. The second kappa shape index (κ2) is 7.22. The number of hydrogen-bond donors (Lipinski definition) is 1. The molecule has 5 heteroatoms. The van der Waals surface area contributed by atoms with E-state index in [1.54, 1.807) is 6.07 Å². The van der Waals surface area contributed by atoms with Crippen LogP contribution in [0.4, 0.5) is 5.82 Å². The Morgan fingerprint density at radius 1 is 1.24 bits per heavy atom. The molecule has 1 aromatic heterocycles. The number of halogens is 1. The van der Waals surface area contributed by atoms with Gasteiger partial charge in [-0.15, -0.1) is 0 Å². The molecule has 0 spiro atoms. The predicted octanol–water partition coefficient (Wildman–Crippen LogP) is 3.73. The molecule has 0 bridgehead atoms. The van der Waals surface area contributed by atoms with Gasteiger partial charge in [0.2, 0.25) is 0 Å². The first-order chi connectivity index (χ1) is 10.1. The molecule has 1 heterocycles. The summed E-state index contributed by atoms with van der Waals surface area (Å²) in [6.45, 7) is 3.92. The van der Waals surface area contributed by atoms with Gasteiger partial charge in [0, 0.05) is 4.47 Å². The number of carbonyl (C=O) groups excluding carboxylic acids is 1. The molecule has 0 radical (unpaired) electrons. The van der Waals surface area contributed by atoms with Crippen LogP contribution in [0.5, 0.6) is 5.75 Å². The molecule has 1 N–H and O–H groups in total. The molecule has 2 rings (SSSR count). The van der Waals surface area contributed by atoms with Crippen molar-refractivity contribution in [1.29, 1.82) is 0 Å². The fraction of sp³-hybridized carbons (Fsp3) is 0.250. The van der Waals surface area contributed by atoms with Gasteiger partial charge in [-0.05, 0) is 59.1 Å². The van der Waals surface area contributed by atoms with Crippen LogP contribution >= 0.6 is 15.9 Å². The molecule has 110 valence electrons. The van der Waals surface area contributed by atoms with Gasteiger partial charge in [0.05, 0.1) is 5.69 Å². The number of anilines is 1. The number of amides is 1. The zero-order valence-electron chi connectivity index (χ0n) is 12.0. The van der Waals surface area contributed by atoms with Crippen molar-refractivity contribution in [3.8, 4) is 5.75 Å². The molecule has 0 saturated heterocycles. The second-order valence-corrected chi connectivity index (χ2v) is 5.45. The van der Waals surface area contributed by atoms with Gasteiger partial charge in [0.15, 0.2) is 6.61 Å². The van der Waals surface area contributed by atoms with E-state index < -0.39 is 0 Å². The van der Waals surface area contributed by atoms with Crippen molar-refractivity contribution in [3.63, 3.8) is 0 Å². The van der Waals surface area contributed by atoms with E-state index in [0.717, 1.165) is 16.6 Å². The zero-order chi connectivity index (χ0) is 15.2. The van der Waals surface area contributed by atoms with E-state index in [2.05, 4.69) is 33.2 Å². The van der Waals surface area contributed by atoms with Crippen LogP contribution in [0, 0.1) is 6.92 Å². The number of aromatic nitrogens is 1. The smallest absolute Gasteiger partial charge is 0.263 e. The molecule has 1 amide bonds. The van der Waals surface area contributed by atoms with Gasteiger partial charge in [-0.25, -0.2) is 4.98 Å².